The van der Waals surface area contributed by atoms with Gasteiger partial charge in [-0.05, 0) is 43.5 Å². The fourth-order valence-electron chi connectivity index (χ4n) is 2.10. The van der Waals surface area contributed by atoms with Gasteiger partial charge in [-0.3, -0.25) is 0 Å². The minimum absolute atomic E-state index is 0.395. The van der Waals surface area contributed by atoms with E-state index in [9.17, 15) is 17.2 Å². The van der Waals surface area contributed by atoms with Gasteiger partial charge in [0.1, 0.15) is 16.5 Å². The van der Waals surface area contributed by atoms with E-state index < -0.39 is 32.6 Å². The molecule has 22 heavy (non-hydrogen) atoms. The molecule has 2 aromatic rings. The highest BCUT2D eigenvalue weighted by molar-refractivity contribution is 7.89. The molecule has 118 valence electrons. The molecule has 0 fully saturated rings. The molecular weight excluding hydrogens is 308 g/mol. The van der Waals surface area contributed by atoms with Gasteiger partial charge in [-0.15, -0.1) is 0 Å². The number of benzene rings is 2. The van der Waals surface area contributed by atoms with Crippen molar-refractivity contribution in [2.45, 2.75) is 30.7 Å². The second kappa shape index (κ2) is 6.98. The molecule has 3 nitrogen and oxygen atoms in total. The van der Waals surface area contributed by atoms with Crippen molar-refractivity contribution in [1.82, 2.24) is 4.72 Å². The van der Waals surface area contributed by atoms with E-state index in [1.54, 1.807) is 6.92 Å². The van der Waals surface area contributed by atoms with Crippen molar-refractivity contribution >= 4 is 10.0 Å². The molecule has 0 aliphatic heterocycles. The van der Waals surface area contributed by atoms with Crippen LogP contribution in [-0.4, -0.2) is 14.5 Å². The zero-order valence-corrected chi connectivity index (χ0v) is 12.9. The van der Waals surface area contributed by atoms with Crippen molar-refractivity contribution in [1.29, 1.82) is 0 Å². The van der Waals surface area contributed by atoms with E-state index in [1.807, 2.05) is 30.3 Å². The van der Waals surface area contributed by atoms with Crippen molar-refractivity contribution in [3.05, 3.63) is 65.7 Å². The Labute approximate surface area is 129 Å². The second-order valence-electron chi connectivity index (χ2n) is 5.12. The molecule has 0 aliphatic rings. The van der Waals surface area contributed by atoms with Crippen molar-refractivity contribution in [3.8, 4) is 0 Å². The van der Waals surface area contributed by atoms with E-state index in [0.717, 1.165) is 17.7 Å². The van der Waals surface area contributed by atoms with Crippen molar-refractivity contribution in [2.75, 3.05) is 0 Å². The fraction of sp³-hybridized carbons (Fsp3) is 0.250. The van der Waals surface area contributed by atoms with Crippen molar-refractivity contribution in [2.24, 2.45) is 0 Å². The molecule has 1 unspecified atom stereocenters. The van der Waals surface area contributed by atoms with Crippen LogP contribution in [0.1, 0.15) is 18.9 Å². The zero-order valence-electron chi connectivity index (χ0n) is 12.1. The third-order valence-corrected chi connectivity index (χ3v) is 4.85. The summed E-state index contributed by atoms with van der Waals surface area (Å²) >= 11 is 0. The van der Waals surface area contributed by atoms with Crippen LogP contribution >= 0.6 is 0 Å². The molecule has 2 aromatic carbocycles. The number of sulfonamides is 1. The van der Waals surface area contributed by atoms with Crippen molar-refractivity contribution < 1.29 is 17.2 Å². The average molecular weight is 325 g/mol. The molecule has 0 saturated carbocycles. The molecule has 0 spiro atoms. The molecule has 0 aliphatic carbocycles. The summed E-state index contributed by atoms with van der Waals surface area (Å²) in [6.45, 7) is 1.69. The normalized spacial score (nSPS) is 13.0. The van der Waals surface area contributed by atoms with Crippen LogP contribution in [0, 0.1) is 11.6 Å². The topological polar surface area (TPSA) is 46.2 Å². The maximum absolute atomic E-state index is 13.6. The molecule has 2 rings (SSSR count). The minimum Gasteiger partial charge on any atom is -0.208 e. The standard InChI is InChI=1S/C16H17F2NO2S/c1-12(7-8-13-5-3-2-4-6-13)19-22(20,21)16-11-14(17)9-10-15(16)18/h2-6,9-12,19H,7-8H2,1H3. The highest BCUT2D eigenvalue weighted by Crippen LogP contribution is 2.16. The van der Waals surface area contributed by atoms with E-state index in [1.165, 1.54) is 0 Å². The number of halogens is 2. The lowest BCUT2D eigenvalue weighted by molar-refractivity contribution is 0.527. The third-order valence-electron chi connectivity index (χ3n) is 3.25. The van der Waals surface area contributed by atoms with Crippen LogP contribution in [0.3, 0.4) is 0 Å². The van der Waals surface area contributed by atoms with Crippen LogP contribution in [0.15, 0.2) is 53.4 Å². The summed E-state index contributed by atoms with van der Waals surface area (Å²) in [4.78, 5) is -0.668. The van der Waals surface area contributed by atoms with Gasteiger partial charge >= 0.3 is 0 Å². The summed E-state index contributed by atoms with van der Waals surface area (Å²) in [5, 5.41) is 0. The van der Waals surface area contributed by atoms with E-state index in [2.05, 4.69) is 4.72 Å². The predicted molar refractivity (Wildman–Crippen MR) is 80.9 cm³/mol. The first-order valence-corrected chi connectivity index (χ1v) is 8.38. The Morgan fingerprint density at radius 1 is 1.09 bits per heavy atom. The first-order chi connectivity index (χ1) is 10.4. The van der Waals surface area contributed by atoms with E-state index in [4.69, 9.17) is 0 Å². The van der Waals surface area contributed by atoms with Crippen LogP contribution in [-0.2, 0) is 16.4 Å². The van der Waals surface area contributed by atoms with Crippen LogP contribution in [0.2, 0.25) is 0 Å². The van der Waals surface area contributed by atoms with Crippen LogP contribution < -0.4 is 4.72 Å². The Bertz CT molecular complexity index is 733. The molecule has 0 radical (unpaired) electrons. The highest BCUT2D eigenvalue weighted by Gasteiger charge is 2.22. The molecular formula is C16H17F2NO2S. The van der Waals surface area contributed by atoms with Gasteiger partial charge in [0.2, 0.25) is 10.0 Å². The number of rotatable bonds is 6. The van der Waals surface area contributed by atoms with E-state index in [0.29, 0.717) is 18.9 Å². The molecule has 0 amide bonds. The Balaban J connectivity index is 2.03. The van der Waals surface area contributed by atoms with Gasteiger partial charge < -0.3 is 0 Å². The lowest BCUT2D eigenvalue weighted by Gasteiger charge is -2.14. The Kier molecular flexibility index (Phi) is 5.26. The number of hydrogen-bond donors (Lipinski definition) is 1. The molecule has 0 saturated heterocycles. The quantitative estimate of drug-likeness (QED) is 0.886. The van der Waals surface area contributed by atoms with Gasteiger partial charge in [-0.2, -0.15) is 0 Å². The lowest BCUT2D eigenvalue weighted by Crippen LogP contribution is -2.33. The smallest absolute Gasteiger partial charge is 0.208 e. The Morgan fingerprint density at radius 2 is 1.77 bits per heavy atom. The minimum atomic E-state index is -4.08. The number of hydrogen-bond acceptors (Lipinski definition) is 2. The largest absolute Gasteiger partial charge is 0.243 e. The molecule has 1 atom stereocenters. The van der Waals surface area contributed by atoms with Crippen LogP contribution in [0.25, 0.3) is 0 Å². The summed E-state index contributed by atoms with van der Waals surface area (Å²) in [6, 6.07) is 11.6. The average Bonchev–Trinajstić information content (AvgIpc) is 2.48. The summed E-state index contributed by atoms with van der Waals surface area (Å²) in [5.41, 5.74) is 1.09. The lowest BCUT2D eigenvalue weighted by atomic mass is 10.1. The van der Waals surface area contributed by atoms with Gasteiger partial charge in [-0.25, -0.2) is 21.9 Å². The monoisotopic (exact) mass is 325 g/mol. The first-order valence-electron chi connectivity index (χ1n) is 6.90. The Hall–Kier alpha value is -1.79. The SMILES string of the molecule is CC(CCc1ccccc1)NS(=O)(=O)c1cc(F)ccc1F. The van der Waals surface area contributed by atoms with Gasteiger partial charge in [-0.1, -0.05) is 30.3 Å². The first kappa shape index (κ1) is 16.6. The van der Waals surface area contributed by atoms with Gasteiger partial charge in [0.25, 0.3) is 0 Å². The van der Waals surface area contributed by atoms with E-state index >= 15 is 0 Å². The summed E-state index contributed by atoms with van der Waals surface area (Å²) in [5.74, 6) is -1.76. The van der Waals surface area contributed by atoms with Gasteiger partial charge in [0.05, 0.1) is 0 Å². The fourth-order valence-corrected chi connectivity index (χ4v) is 3.47. The van der Waals surface area contributed by atoms with Gasteiger partial charge in [0, 0.05) is 6.04 Å². The van der Waals surface area contributed by atoms with Crippen molar-refractivity contribution in [3.63, 3.8) is 0 Å². The molecule has 6 heteroatoms. The van der Waals surface area contributed by atoms with E-state index in [-0.39, 0.29) is 0 Å². The predicted octanol–water partition coefficient (Wildman–Crippen LogP) is 3.26. The highest BCUT2D eigenvalue weighted by atomic mass is 32.2. The molecule has 0 aromatic heterocycles. The van der Waals surface area contributed by atoms with Gasteiger partial charge in [0.15, 0.2) is 0 Å². The number of aryl methyl sites for hydroxylation is 1. The summed E-state index contributed by atoms with van der Waals surface area (Å²) < 4.78 is 53.3. The third kappa shape index (κ3) is 4.35. The summed E-state index contributed by atoms with van der Waals surface area (Å²) in [6.07, 6.45) is 1.25. The van der Waals surface area contributed by atoms with Crippen LogP contribution in [0.4, 0.5) is 8.78 Å². The van der Waals surface area contributed by atoms with Crippen LogP contribution in [0.5, 0.6) is 0 Å². The second-order valence-corrected chi connectivity index (χ2v) is 6.80. The Morgan fingerprint density at radius 3 is 2.45 bits per heavy atom. The maximum atomic E-state index is 13.6. The molecule has 0 heterocycles. The molecule has 0 bridgehead atoms. The molecule has 1 N–H and O–H groups in total. The zero-order chi connectivity index (χ0) is 16.2. The maximum Gasteiger partial charge on any atom is 0.243 e. The number of nitrogens with one attached hydrogen (secondary N) is 1. The summed E-state index contributed by atoms with van der Waals surface area (Å²) in [7, 11) is -4.08.